The Balaban J connectivity index is 1.96. The minimum atomic E-state index is -0.342. The molecular weight excluding hydrogens is 349 g/mol. The predicted octanol–water partition coefficient (Wildman–Crippen LogP) is 3.25. The van der Waals surface area contributed by atoms with Gasteiger partial charge in [0, 0.05) is 30.4 Å². The summed E-state index contributed by atoms with van der Waals surface area (Å²) in [7, 11) is 1.53. The fourth-order valence-corrected chi connectivity index (χ4v) is 2.63. The molecule has 0 fully saturated rings. The van der Waals surface area contributed by atoms with E-state index in [1.54, 1.807) is 30.3 Å². The molecule has 2 N–H and O–H groups in total. The number of rotatable bonds is 8. The third-order valence-electron chi connectivity index (χ3n) is 3.94. The number of amides is 2. The van der Waals surface area contributed by atoms with Gasteiger partial charge in [0.05, 0.1) is 13.7 Å². The maximum Gasteiger partial charge on any atom is 0.238 e. The van der Waals surface area contributed by atoms with Crippen molar-refractivity contribution in [1.82, 2.24) is 4.90 Å². The average Bonchev–Trinajstić information content (AvgIpc) is 2.62. The van der Waals surface area contributed by atoms with Gasteiger partial charge in [0.1, 0.15) is 11.6 Å². The highest BCUT2D eigenvalue weighted by Gasteiger charge is 2.13. The largest absolute Gasteiger partial charge is 0.496 e. The normalized spacial score (nSPS) is 10.6. The van der Waals surface area contributed by atoms with Crippen molar-refractivity contribution in [2.24, 2.45) is 0 Å². The molecule has 2 aromatic carbocycles. The Labute approximate surface area is 158 Å². The van der Waals surface area contributed by atoms with Gasteiger partial charge in [-0.05, 0) is 49.0 Å². The predicted molar refractivity (Wildman–Crippen MR) is 103 cm³/mol. The first kappa shape index (κ1) is 20.4. The standard InChI is InChI=1S/C20H24FN3O3/c1-4-24(12-15-11-16(21)5-10-19(15)27-3)13-20(26)23-18-8-6-17(7-9-18)22-14(2)25/h5-11H,4,12-13H2,1-3H3,(H,22,25)(H,23,26). The van der Waals surface area contributed by atoms with Crippen LogP contribution in [-0.2, 0) is 16.1 Å². The molecule has 7 heteroatoms. The number of ether oxygens (including phenoxy) is 1. The number of benzene rings is 2. The monoisotopic (exact) mass is 373 g/mol. The van der Waals surface area contributed by atoms with E-state index in [2.05, 4.69) is 10.6 Å². The van der Waals surface area contributed by atoms with E-state index in [-0.39, 0.29) is 24.2 Å². The number of halogens is 1. The maximum absolute atomic E-state index is 13.5. The van der Waals surface area contributed by atoms with E-state index in [0.717, 1.165) is 0 Å². The summed E-state index contributed by atoms with van der Waals surface area (Å²) >= 11 is 0. The van der Waals surface area contributed by atoms with Gasteiger partial charge in [0.2, 0.25) is 11.8 Å². The summed E-state index contributed by atoms with van der Waals surface area (Å²) in [6, 6.07) is 11.2. The van der Waals surface area contributed by atoms with Crippen molar-refractivity contribution in [3.63, 3.8) is 0 Å². The van der Waals surface area contributed by atoms with Crippen LogP contribution < -0.4 is 15.4 Å². The average molecular weight is 373 g/mol. The van der Waals surface area contributed by atoms with Gasteiger partial charge in [-0.1, -0.05) is 6.92 Å². The van der Waals surface area contributed by atoms with E-state index in [4.69, 9.17) is 4.74 Å². The van der Waals surface area contributed by atoms with Crippen LogP contribution in [0.5, 0.6) is 5.75 Å². The lowest BCUT2D eigenvalue weighted by Crippen LogP contribution is -2.32. The number of carbonyl (C=O) groups excluding carboxylic acids is 2. The zero-order chi connectivity index (χ0) is 19.8. The minimum absolute atomic E-state index is 0.154. The molecule has 0 saturated carbocycles. The molecule has 0 atom stereocenters. The molecular formula is C20H24FN3O3. The summed E-state index contributed by atoms with van der Waals surface area (Å²) in [6.45, 7) is 4.54. The van der Waals surface area contributed by atoms with Gasteiger partial charge in [0.25, 0.3) is 0 Å². The van der Waals surface area contributed by atoms with Crippen molar-refractivity contribution in [2.75, 3.05) is 30.8 Å². The third kappa shape index (κ3) is 6.38. The minimum Gasteiger partial charge on any atom is -0.496 e. The molecule has 0 saturated heterocycles. The fraction of sp³-hybridized carbons (Fsp3) is 0.300. The van der Waals surface area contributed by atoms with Crippen molar-refractivity contribution < 1.29 is 18.7 Å². The van der Waals surface area contributed by atoms with Gasteiger partial charge >= 0.3 is 0 Å². The van der Waals surface area contributed by atoms with Crippen LogP contribution in [0.25, 0.3) is 0 Å². The van der Waals surface area contributed by atoms with Crippen molar-refractivity contribution >= 4 is 23.2 Å². The topological polar surface area (TPSA) is 70.7 Å². The molecule has 0 aromatic heterocycles. The van der Waals surface area contributed by atoms with Crippen LogP contribution in [0.15, 0.2) is 42.5 Å². The van der Waals surface area contributed by atoms with Crippen molar-refractivity contribution in [3.05, 3.63) is 53.8 Å². The summed E-state index contributed by atoms with van der Waals surface area (Å²) < 4.78 is 18.8. The Kier molecular flexibility index (Phi) is 7.31. The van der Waals surface area contributed by atoms with Crippen molar-refractivity contribution in [3.8, 4) is 5.75 Å². The third-order valence-corrected chi connectivity index (χ3v) is 3.94. The number of anilines is 2. The van der Waals surface area contributed by atoms with Crippen LogP contribution in [0.4, 0.5) is 15.8 Å². The summed E-state index contributed by atoms with van der Waals surface area (Å²) in [5.74, 6) is -0.0907. The van der Waals surface area contributed by atoms with E-state index in [1.165, 1.54) is 26.2 Å². The lowest BCUT2D eigenvalue weighted by molar-refractivity contribution is -0.117. The molecule has 2 aromatic rings. The summed E-state index contributed by atoms with van der Waals surface area (Å²) in [6.07, 6.45) is 0. The van der Waals surface area contributed by atoms with Gasteiger partial charge in [-0.3, -0.25) is 14.5 Å². The van der Waals surface area contributed by atoms with Crippen LogP contribution in [0, 0.1) is 5.82 Å². The highest BCUT2D eigenvalue weighted by Crippen LogP contribution is 2.21. The second kappa shape index (κ2) is 9.68. The zero-order valence-electron chi connectivity index (χ0n) is 15.7. The molecule has 0 heterocycles. The number of methoxy groups -OCH3 is 1. The van der Waals surface area contributed by atoms with Crippen LogP contribution >= 0.6 is 0 Å². The van der Waals surface area contributed by atoms with Crippen LogP contribution in [0.1, 0.15) is 19.4 Å². The smallest absolute Gasteiger partial charge is 0.238 e. The Morgan fingerprint density at radius 2 is 1.70 bits per heavy atom. The Hall–Kier alpha value is -2.93. The SMILES string of the molecule is CCN(CC(=O)Nc1ccc(NC(C)=O)cc1)Cc1cc(F)ccc1OC. The first-order chi connectivity index (χ1) is 12.9. The molecule has 2 rings (SSSR count). The number of carbonyl (C=O) groups is 2. The van der Waals surface area contributed by atoms with E-state index in [9.17, 15) is 14.0 Å². The molecule has 0 aliphatic heterocycles. The first-order valence-corrected chi connectivity index (χ1v) is 8.63. The van der Waals surface area contributed by atoms with E-state index < -0.39 is 0 Å². The Morgan fingerprint density at radius 1 is 1.07 bits per heavy atom. The molecule has 144 valence electrons. The highest BCUT2D eigenvalue weighted by atomic mass is 19.1. The lowest BCUT2D eigenvalue weighted by atomic mass is 10.1. The summed E-state index contributed by atoms with van der Waals surface area (Å²) in [5, 5.41) is 5.48. The van der Waals surface area contributed by atoms with Gasteiger partial charge in [-0.2, -0.15) is 0 Å². The molecule has 2 amide bonds. The Bertz CT molecular complexity index is 794. The van der Waals surface area contributed by atoms with Gasteiger partial charge in [-0.25, -0.2) is 4.39 Å². The van der Waals surface area contributed by atoms with Crippen molar-refractivity contribution in [2.45, 2.75) is 20.4 Å². The fourth-order valence-electron chi connectivity index (χ4n) is 2.63. The second-order valence-electron chi connectivity index (χ2n) is 6.07. The maximum atomic E-state index is 13.5. The number of likely N-dealkylation sites (N-methyl/N-ethyl adjacent to an activating group) is 1. The van der Waals surface area contributed by atoms with Crippen molar-refractivity contribution in [1.29, 1.82) is 0 Å². The summed E-state index contributed by atoms with van der Waals surface area (Å²) in [5.41, 5.74) is 1.98. The highest BCUT2D eigenvalue weighted by molar-refractivity contribution is 5.93. The van der Waals surface area contributed by atoms with Crippen LogP contribution in [0.3, 0.4) is 0 Å². The molecule has 0 aliphatic carbocycles. The quantitative estimate of drug-likeness (QED) is 0.745. The van der Waals surface area contributed by atoms with Crippen LogP contribution in [0.2, 0.25) is 0 Å². The second-order valence-corrected chi connectivity index (χ2v) is 6.07. The lowest BCUT2D eigenvalue weighted by Gasteiger charge is -2.21. The number of nitrogens with one attached hydrogen (secondary N) is 2. The van der Waals surface area contributed by atoms with Gasteiger partial charge in [0.15, 0.2) is 0 Å². The molecule has 27 heavy (non-hydrogen) atoms. The molecule has 0 radical (unpaired) electrons. The van der Waals surface area contributed by atoms with E-state index in [1.807, 2.05) is 11.8 Å². The zero-order valence-corrected chi connectivity index (χ0v) is 15.7. The number of nitrogens with zero attached hydrogens (tertiary/aromatic N) is 1. The Morgan fingerprint density at radius 3 is 2.26 bits per heavy atom. The van der Waals surface area contributed by atoms with Gasteiger partial charge < -0.3 is 15.4 Å². The van der Waals surface area contributed by atoms with Crippen LogP contribution in [-0.4, -0.2) is 36.9 Å². The number of hydrogen-bond acceptors (Lipinski definition) is 4. The first-order valence-electron chi connectivity index (χ1n) is 8.63. The summed E-state index contributed by atoms with van der Waals surface area (Å²) in [4.78, 5) is 25.2. The van der Waals surface area contributed by atoms with E-state index in [0.29, 0.717) is 35.8 Å². The molecule has 6 nitrogen and oxygen atoms in total. The molecule has 0 unspecified atom stereocenters. The molecule has 0 bridgehead atoms. The molecule has 0 aliphatic rings. The molecule has 0 spiro atoms. The van der Waals surface area contributed by atoms with Gasteiger partial charge in [-0.15, -0.1) is 0 Å². The van der Waals surface area contributed by atoms with E-state index >= 15 is 0 Å². The number of hydrogen-bond donors (Lipinski definition) is 2.